The molecule has 1 N–H and O–H groups in total. The van der Waals surface area contributed by atoms with Crippen molar-refractivity contribution in [2.45, 2.75) is 32.3 Å². The van der Waals surface area contributed by atoms with Crippen LogP contribution in [0.5, 0.6) is 0 Å². The Labute approximate surface area is 178 Å². The zero-order valence-corrected chi connectivity index (χ0v) is 17.7. The molecule has 1 aromatic carbocycles. The molecule has 0 aromatic heterocycles. The summed E-state index contributed by atoms with van der Waals surface area (Å²) in [6.07, 6.45) is 3.72. The summed E-state index contributed by atoms with van der Waals surface area (Å²) in [5.41, 5.74) is 1.11. The van der Waals surface area contributed by atoms with Crippen molar-refractivity contribution in [1.29, 1.82) is 0 Å². The number of hydrogen-bond acceptors (Lipinski definition) is 5. The van der Waals surface area contributed by atoms with Crippen molar-refractivity contribution in [3.8, 4) is 0 Å². The minimum Gasteiger partial charge on any atom is -0.445 e. The second kappa shape index (κ2) is 9.35. The Bertz CT molecular complexity index is 721. The molecule has 1 aromatic rings. The highest BCUT2D eigenvalue weighted by Crippen LogP contribution is 2.46. The van der Waals surface area contributed by atoms with Gasteiger partial charge in [-0.3, -0.25) is 4.79 Å². The monoisotopic (exact) mass is 415 g/mol. The van der Waals surface area contributed by atoms with Crippen LogP contribution >= 0.6 is 0 Å². The van der Waals surface area contributed by atoms with Gasteiger partial charge in [0.25, 0.3) is 0 Å². The number of rotatable bonds is 6. The largest absolute Gasteiger partial charge is 0.445 e. The lowest BCUT2D eigenvalue weighted by Gasteiger charge is -2.38. The normalized spacial score (nSPS) is 22.0. The van der Waals surface area contributed by atoms with E-state index in [-0.39, 0.29) is 36.5 Å². The minimum atomic E-state index is -0.308. The van der Waals surface area contributed by atoms with Gasteiger partial charge in [-0.25, -0.2) is 4.79 Å². The quantitative estimate of drug-likeness (QED) is 0.769. The number of likely N-dealkylation sites (tertiary alicyclic amines) is 1. The van der Waals surface area contributed by atoms with Gasteiger partial charge in [0, 0.05) is 50.7 Å². The first-order valence-corrected chi connectivity index (χ1v) is 11.2. The summed E-state index contributed by atoms with van der Waals surface area (Å²) in [6, 6.07) is 9.65. The lowest BCUT2D eigenvalue weighted by molar-refractivity contribution is -0.138. The third kappa shape index (κ3) is 5.13. The van der Waals surface area contributed by atoms with Crippen LogP contribution in [0, 0.1) is 11.3 Å². The summed E-state index contributed by atoms with van der Waals surface area (Å²) in [5.74, 6) is 0.317. The molecule has 2 saturated heterocycles. The minimum absolute atomic E-state index is 0.0853. The highest BCUT2D eigenvalue weighted by Gasteiger charge is 2.44. The number of aliphatic hydroxyl groups excluding tert-OH is 1. The summed E-state index contributed by atoms with van der Waals surface area (Å²) in [6.45, 7) is 5.59. The summed E-state index contributed by atoms with van der Waals surface area (Å²) in [4.78, 5) is 31.3. The Hall–Kier alpha value is -2.12. The molecule has 2 aliphatic heterocycles. The lowest BCUT2D eigenvalue weighted by Crippen LogP contribution is -2.53. The predicted octanol–water partition coefficient (Wildman–Crippen LogP) is 1.95. The van der Waals surface area contributed by atoms with Crippen LogP contribution in [0.4, 0.5) is 4.79 Å². The number of amides is 2. The molecule has 1 saturated carbocycles. The average Bonchev–Trinajstić information content (AvgIpc) is 3.58. The fraction of sp³-hybridized carbons (Fsp3) is 0.652. The van der Waals surface area contributed by atoms with Crippen molar-refractivity contribution >= 4 is 12.0 Å². The Balaban J connectivity index is 1.17. The highest BCUT2D eigenvalue weighted by atomic mass is 16.6. The van der Waals surface area contributed by atoms with E-state index in [9.17, 15) is 14.7 Å². The van der Waals surface area contributed by atoms with Gasteiger partial charge in [-0.2, -0.15) is 0 Å². The molecule has 0 spiro atoms. The SMILES string of the molecule is O=C(OCc1ccccc1)N1CCN(C(=O)C2CCN(CC3(CO)CC3)CC2)CC1. The second-order valence-electron chi connectivity index (χ2n) is 9.06. The molecular weight excluding hydrogens is 382 g/mol. The molecule has 4 rings (SSSR count). The van der Waals surface area contributed by atoms with Crippen LogP contribution in [-0.4, -0.2) is 84.2 Å². The van der Waals surface area contributed by atoms with Crippen LogP contribution in [0.15, 0.2) is 30.3 Å². The Kier molecular flexibility index (Phi) is 6.58. The van der Waals surface area contributed by atoms with E-state index in [1.54, 1.807) is 4.90 Å². The van der Waals surface area contributed by atoms with Crippen molar-refractivity contribution in [2.24, 2.45) is 11.3 Å². The third-order valence-corrected chi connectivity index (χ3v) is 6.84. The molecule has 0 radical (unpaired) electrons. The summed E-state index contributed by atoms with van der Waals surface area (Å²) in [7, 11) is 0. The van der Waals surface area contributed by atoms with Crippen molar-refractivity contribution in [3.63, 3.8) is 0 Å². The highest BCUT2D eigenvalue weighted by molar-refractivity contribution is 5.79. The predicted molar refractivity (Wildman–Crippen MR) is 113 cm³/mol. The van der Waals surface area contributed by atoms with E-state index in [4.69, 9.17) is 4.74 Å². The van der Waals surface area contributed by atoms with E-state index in [1.807, 2.05) is 35.2 Å². The van der Waals surface area contributed by atoms with Crippen LogP contribution in [-0.2, 0) is 16.1 Å². The zero-order chi connectivity index (χ0) is 21.0. The average molecular weight is 416 g/mol. The van der Waals surface area contributed by atoms with Crippen LogP contribution in [0.2, 0.25) is 0 Å². The number of carbonyl (C=O) groups excluding carboxylic acids is 2. The molecule has 7 heteroatoms. The topological polar surface area (TPSA) is 73.3 Å². The number of aliphatic hydroxyl groups is 1. The molecule has 7 nitrogen and oxygen atoms in total. The number of piperidine rings is 1. The Morgan fingerprint density at radius 1 is 0.967 bits per heavy atom. The standard InChI is InChI=1S/C23H33N3O4/c27-18-23(8-9-23)17-24-10-6-20(7-11-24)21(28)25-12-14-26(15-13-25)22(29)30-16-19-4-2-1-3-5-19/h1-5,20,27H,6-18H2. The van der Waals surface area contributed by atoms with Gasteiger partial charge >= 0.3 is 6.09 Å². The Morgan fingerprint density at radius 2 is 1.60 bits per heavy atom. The maximum atomic E-state index is 12.9. The molecule has 2 heterocycles. The van der Waals surface area contributed by atoms with Crippen LogP contribution in [0.1, 0.15) is 31.2 Å². The number of piperazine rings is 1. The molecule has 3 aliphatic rings. The van der Waals surface area contributed by atoms with Crippen LogP contribution in [0.3, 0.4) is 0 Å². The summed E-state index contributed by atoms with van der Waals surface area (Å²) in [5, 5.41) is 9.53. The molecule has 2 amide bonds. The van der Waals surface area contributed by atoms with E-state index in [0.29, 0.717) is 26.2 Å². The maximum absolute atomic E-state index is 12.9. The molecular formula is C23H33N3O4. The van der Waals surface area contributed by atoms with E-state index in [0.717, 1.165) is 50.9 Å². The summed E-state index contributed by atoms with van der Waals surface area (Å²) < 4.78 is 5.41. The second-order valence-corrected chi connectivity index (χ2v) is 9.06. The first-order valence-electron chi connectivity index (χ1n) is 11.2. The van der Waals surface area contributed by atoms with E-state index in [2.05, 4.69) is 4.90 Å². The number of benzene rings is 1. The van der Waals surface area contributed by atoms with E-state index in [1.165, 1.54) is 0 Å². The summed E-state index contributed by atoms with van der Waals surface area (Å²) >= 11 is 0. The van der Waals surface area contributed by atoms with Crippen molar-refractivity contribution in [3.05, 3.63) is 35.9 Å². The zero-order valence-electron chi connectivity index (χ0n) is 17.7. The first kappa shape index (κ1) is 21.1. The molecule has 30 heavy (non-hydrogen) atoms. The maximum Gasteiger partial charge on any atom is 0.410 e. The third-order valence-electron chi connectivity index (χ3n) is 6.84. The van der Waals surface area contributed by atoms with Crippen LogP contribution in [0.25, 0.3) is 0 Å². The van der Waals surface area contributed by atoms with Gasteiger partial charge < -0.3 is 24.5 Å². The fourth-order valence-corrected chi connectivity index (χ4v) is 4.53. The van der Waals surface area contributed by atoms with Gasteiger partial charge in [-0.05, 0) is 44.3 Å². The van der Waals surface area contributed by atoms with Gasteiger partial charge in [-0.15, -0.1) is 0 Å². The Morgan fingerprint density at radius 3 is 2.20 bits per heavy atom. The van der Waals surface area contributed by atoms with Gasteiger partial charge in [0.05, 0.1) is 0 Å². The number of hydrogen-bond donors (Lipinski definition) is 1. The number of nitrogens with zero attached hydrogens (tertiary/aromatic N) is 3. The molecule has 0 atom stereocenters. The van der Waals surface area contributed by atoms with Gasteiger partial charge in [-0.1, -0.05) is 30.3 Å². The van der Waals surface area contributed by atoms with Gasteiger partial charge in [0.15, 0.2) is 0 Å². The molecule has 1 aliphatic carbocycles. The fourth-order valence-electron chi connectivity index (χ4n) is 4.53. The molecule has 164 valence electrons. The number of ether oxygens (including phenoxy) is 1. The smallest absolute Gasteiger partial charge is 0.410 e. The van der Waals surface area contributed by atoms with E-state index >= 15 is 0 Å². The van der Waals surface area contributed by atoms with Gasteiger partial charge in [0.2, 0.25) is 5.91 Å². The van der Waals surface area contributed by atoms with Crippen LogP contribution < -0.4 is 0 Å². The lowest BCUT2D eigenvalue weighted by atomic mass is 9.94. The van der Waals surface area contributed by atoms with E-state index < -0.39 is 0 Å². The number of carbonyl (C=O) groups is 2. The van der Waals surface area contributed by atoms with Crippen molar-refractivity contribution in [1.82, 2.24) is 14.7 Å². The molecule has 0 bridgehead atoms. The molecule has 0 unspecified atom stereocenters. The molecule has 3 fully saturated rings. The van der Waals surface area contributed by atoms with Crippen molar-refractivity contribution < 1.29 is 19.4 Å². The van der Waals surface area contributed by atoms with Crippen molar-refractivity contribution in [2.75, 3.05) is 52.4 Å². The first-order chi connectivity index (χ1) is 14.6. The van der Waals surface area contributed by atoms with Gasteiger partial charge in [0.1, 0.15) is 6.61 Å².